The molecule has 70 valence electrons. The summed E-state index contributed by atoms with van der Waals surface area (Å²) in [5, 5.41) is 2.09. The van der Waals surface area contributed by atoms with E-state index in [-0.39, 0.29) is 5.41 Å². The van der Waals surface area contributed by atoms with Crippen LogP contribution in [-0.4, -0.2) is 5.78 Å². The van der Waals surface area contributed by atoms with Crippen LogP contribution in [0.5, 0.6) is 0 Å². The second-order valence-corrected chi connectivity index (χ2v) is 4.95. The number of rotatable bonds is 2. The van der Waals surface area contributed by atoms with Gasteiger partial charge in [-0.15, -0.1) is 11.3 Å². The lowest BCUT2D eigenvalue weighted by atomic mass is 9.58. The summed E-state index contributed by atoms with van der Waals surface area (Å²) in [5.41, 5.74) is -0.0646. The van der Waals surface area contributed by atoms with Crippen LogP contribution in [0.25, 0.3) is 0 Å². The van der Waals surface area contributed by atoms with E-state index in [0.29, 0.717) is 11.7 Å². The minimum atomic E-state index is -0.0646. The first-order valence-corrected chi connectivity index (χ1v) is 5.63. The molecule has 0 N–H and O–H groups in total. The number of Topliss-reactive ketones (excluding diaryl/α,β-unsaturated/α-hetero) is 1. The fraction of sp³-hybridized carbons (Fsp3) is 0.545. The van der Waals surface area contributed by atoms with Crippen molar-refractivity contribution in [3.8, 4) is 0 Å². The Morgan fingerprint density at radius 3 is 2.92 bits per heavy atom. The van der Waals surface area contributed by atoms with E-state index in [1.807, 2.05) is 0 Å². The zero-order valence-corrected chi connectivity index (χ0v) is 8.86. The monoisotopic (exact) mass is 194 g/mol. The van der Waals surface area contributed by atoms with E-state index in [9.17, 15) is 4.79 Å². The first kappa shape index (κ1) is 8.95. The van der Waals surface area contributed by atoms with Gasteiger partial charge in [0.2, 0.25) is 0 Å². The van der Waals surface area contributed by atoms with Gasteiger partial charge >= 0.3 is 0 Å². The topological polar surface area (TPSA) is 17.1 Å². The second kappa shape index (κ2) is 2.95. The number of carbonyl (C=O) groups excluding carboxylic acids is 1. The van der Waals surface area contributed by atoms with Crippen LogP contribution in [0.3, 0.4) is 0 Å². The predicted molar refractivity (Wildman–Crippen MR) is 55.1 cm³/mol. The van der Waals surface area contributed by atoms with Gasteiger partial charge < -0.3 is 0 Å². The van der Waals surface area contributed by atoms with E-state index < -0.39 is 0 Å². The number of hydrogen-bond acceptors (Lipinski definition) is 2. The Bertz CT molecular complexity index is 315. The van der Waals surface area contributed by atoms with Crippen molar-refractivity contribution < 1.29 is 4.79 Å². The molecule has 2 atom stereocenters. The fourth-order valence-electron chi connectivity index (χ4n) is 2.05. The largest absolute Gasteiger partial charge is 0.299 e. The third-order valence-electron chi connectivity index (χ3n) is 3.42. The van der Waals surface area contributed by atoms with Gasteiger partial charge in [-0.05, 0) is 17.9 Å². The highest BCUT2D eigenvalue weighted by Gasteiger charge is 2.50. The lowest BCUT2D eigenvalue weighted by molar-refractivity contribution is -0.139. The lowest BCUT2D eigenvalue weighted by Gasteiger charge is -2.44. The van der Waals surface area contributed by atoms with Crippen LogP contribution in [-0.2, 0) is 4.79 Å². The Morgan fingerprint density at radius 2 is 2.46 bits per heavy atom. The summed E-state index contributed by atoms with van der Waals surface area (Å²) >= 11 is 1.77. The summed E-state index contributed by atoms with van der Waals surface area (Å²) in [4.78, 5) is 12.9. The Labute approximate surface area is 82.8 Å². The molecule has 0 amide bonds. The van der Waals surface area contributed by atoms with Crippen LogP contribution >= 0.6 is 11.3 Å². The van der Waals surface area contributed by atoms with E-state index in [2.05, 4.69) is 31.4 Å². The smallest absolute Gasteiger partial charge is 0.140 e. The maximum atomic E-state index is 11.5. The molecule has 0 aromatic carbocycles. The maximum absolute atomic E-state index is 11.5. The Balaban J connectivity index is 2.25. The highest BCUT2D eigenvalue weighted by atomic mass is 32.1. The van der Waals surface area contributed by atoms with Crippen molar-refractivity contribution in [1.82, 2.24) is 0 Å². The summed E-state index contributed by atoms with van der Waals surface area (Å²) in [6.07, 6.45) is 1.72. The van der Waals surface area contributed by atoms with Crippen LogP contribution in [0.15, 0.2) is 17.5 Å². The first-order chi connectivity index (χ1) is 6.18. The molecule has 0 radical (unpaired) electrons. The van der Waals surface area contributed by atoms with E-state index in [4.69, 9.17) is 0 Å². The average Bonchev–Trinajstić information content (AvgIpc) is 2.65. The molecule has 1 aromatic heterocycles. The third kappa shape index (κ3) is 1.16. The summed E-state index contributed by atoms with van der Waals surface area (Å²) < 4.78 is 0. The lowest BCUT2D eigenvalue weighted by Crippen LogP contribution is -2.45. The van der Waals surface area contributed by atoms with Crippen molar-refractivity contribution in [3.63, 3.8) is 0 Å². The van der Waals surface area contributed by atoms with Crippen molar-refractivity contribution in [2.24, 2.45) is 5.41 Å². The summed E-state index contributed by atoms with van der Waals surface area (Å²) in [6, 6.07) is 4.22. The average molecular weight is 194 g/mol. The van der Waals surface area contributed by atoms with Gasteiger partial charge in [-0.25, -0.2) is 0 Å². The highest BCUT2D eigenvalue weighted by molar-refractivity contribution is 7.10. The number of carbonyl (C=O) groups is 1. The van der Waals surface area contributed by atoms with Gasteiger partial charge in [0.05, 0.1) is 0 Å². The van der Waals surface area contributed by atoms with Crippen LogP contribution in [0.1, 0.15) is 37.5 Å². The summed E-state index contributed by atoms with van der Waals surface area (Å²) in [6.45, 7) is 4.21. The molecule has 1 fully saturated rings. The molecular formula is C11H14OS. The standard InChI is InChI=1S/C11H14OS/c1-3-11(2)8(7-10(11)12)9-5-4-6-13-9/h4-6,8H,3,7H2,1-2H3. The number of ketones is 1. The van der Waals surface area contributed by atoms with Crippen LogP contribution < -0.4 is 0 Å². The van der Waals surface area contributed by atoms with E-state index >= 15 is 0 Å². The van der Waals surface area contributed by atoms with Gasteiger partial charge in [0, 0.05) is 22.6 Å². The van der Waals surface area contributed by atoms with Crippen LogP contribution in [0.2, 0.25) is 0 Å². The molecular weight excluding hydrogens is 180 g/mol. The van der Waals surface area contributed by atoms with E-state index in [0.717, 1.165) is 12.8 Å². The molecule has 0 bridgehead atoms. The molecule has 1 aliphatic carbocycles. The quantitative estimate of drug-likeness (QED) is 0.706. The fourth-order valence-corrected chi connectivity index (χ4v) is 3.03. The minimum Gasteiger partial charge on any atom is -0.299 e. The number of thiophene rings is 1. The van der Waals surface area contributed by atoms with E-state index in [1.54, 1.807) is 11.3 Å². The van der Waals surface area contributed by atoms with Gasteiger partial charge in [0.15, 0.2) is 0 Å². The predicted octanol–water partition coefficient (Wildman–Crippen LogP) is 3.22. The van der Waals surface area contributed by atoms with Gasteiger partial charge in [-0.3, -0.25) is 4.79 Å². The maximum Gasteiger partial charge on any atom is 0.140 e. The van der Waals surface area contributed by atoms with Gasteiger partial charge in [0.25, 0.3) is 0 Å². The van der Waals surface area contributed by atoms with E-state index in [1.165, 1.54) is 4.88 Å². The minimum absolute atomic E-state index is 0.0646. The Morgan fingerprint density at radius 1 is 1.69 bits per heavy atom. The summed E-state index contributed by atoms with van der Waals surface area (Å²) in [5.74, 6) is 0.929. The van der Waals surface area contributed by atoms with Crippen molar-refractivity contribution in [1.29, 1.82) is 0 Å². The first-order valence-electron chi connectivity index (χ1n) is 4.75. The molecule has 1 aromatic rings. The molecule has 1 saturated carbocycles. The molecule has 1 aliphatic rings. The van der Waals surface area contributed by atoms with Gasteiger partial charge in [-0.1, -0.05) is 19.9 Å². The Kier molecular flexibility index (Phi) is 2.03. The second-order valence-electron chi connectivity index (χ2n) is 3.97. The van der Waals surface area contributed by atoms with Crippen molar-refractivity contribution in [3.05, 3.63) is 22.4 Å². The molecule has 1 nitrogen and oxygen atoms in total. The third-order valence-corrected chi connectivity index (χ3v) is 4.40. The van der Waals surface area contributed by atoms with Crippen LogP contribution in [0.4, 0.5) is 0 Å². The SMILES string of the molecule is CCC1(C)C(=O)CC1c1cccs1. The molecule has 2 rings (SSSR count). The molecule has 2 unspecified atom stereocenters. The van der Waals surface area contributed by atoms with Crippen LogP contribution in [0, 0.1) is 5.41 Å². The molecule has 0 saturated heterocycles. The normalized spacial score (nSPS) is 33.1. The van der Waals surface area contributed by atoms with Gasteiger partial charge in [-0.2, -0.15) is 0 Å². The Hall–Kier alpha value is -0.630. The molecule has 1 heterocycles. The molecule has 0 aliphatic heterocycles. The number of hydrogen-bond donors (Lipinski definition) is 0. The van der Waals surface area contributed by atoms with Crippen molar-refractivity contribution >= 4 is 17.1 Å². The van der Waals surface area contributed by atoms with Crippen molar-refractivity contribution in [2.75, 3.05) is 0 Å². The summed E-state index contributed by atoms with van der Waals surface area (Å²) in [7, 11) is 0. The highest BCUT2D eigenvalue weighted by Crippen LogP contribution is 2.52. The zero-order valence-electron chi connectivity index (χ0n) is 8.04. The van der Waals surface area contributed by atoms with Gasteiger partial charge in [0.1, 0.15) is 5.78 Å². The molecule has 0 spiro atoms. The zero-order chi connectivity index (χ0) is 9.47. The molecule has 13 heavy (non-hydrogen) atoms. The molecule has 2 heteroatoms. The van der Waals surface area contributed by atoms with Crippen molar-refractivity contribution in [2.45, 2.75) is 32.6 Å².